The number of aromatic nitrogens is 7. The molecule has 1 radical (unpaired) electrons. The molecule has 0 spiro atoms. The van der Waals surface area contributed by atoms with Gasteiger partial charge in [-0.2, -0.15) is 60.7 Å². The van der Waals surface area contributed by atoms with E-state index < -0.39 is 0 Å². The van der Waals surface area contributed by atoms with Crippen molar-refractivity contribution in [1.29, 1.82) is 0 Å². The minimum Gasteiger partial charge on any atom is -0.574 e. The molecule has 0 aliphatic rings. The summed E-state index contributed by atoms with van der Waals surface area (Å²) in [5, 5.41) is 7.58. The summed E-state index contributed by atoms with van der Waals surface area (Å²) in [4.78, 5) is 4.12. The zero-order valence-electron chi connectivity index (χ0n) is 28.3. The Morgan fingerprint density at radius 3 is 1.42 bits per heavy atom. The average molecular weight is 831 g/mol. The van der Waals surface area contributed by atoms with Gasteiger partial charge in [-0.1, -0.05) is 54.2 Å². The van der Waals surface area contributed by atoms with E-state index in [0.717, 1.165) is 34.1 Å². The first kappa shape index (κ1) is 35.6. The van der Waals surface area contributed by atoms with Gasteiger partial charge in [-0.25, -0.2) is 0 Å². The summed E-state index contributed by atoms with van der Waals surface area (Å²) in [5.41, 5.74) is 10.7. The first-order valence-electron chi connectivity index (χ1n) is 16.0. The fraction of sp³-hybridized carbons (Fsp3) is 0.0952. The van der Waals surface area contributed by atoms with Crippen LogP contribution in [-0.2, 0) is 20.1 Å². The van der Waals surface area contributed by atoms with Crippen LogP contribution in [0.2, 0.25) is 0 Å². The third-order valence-corrected chi connectivity index (χ3v) is 8.08. The summed E-state index contributed by atoms with van der Waals surface area (Å²) >= 11 is 0. The molecule has 0 N–H and O–H groups in total. The van der Waals surface area contributed by atoms with Crippen LogP contribution in [-0.4, -0.2) is 19.2 Å². The van der Waals surface area contributed by atoms with Crippen molar-refractivity contribution in [3.63, 3.8) is 0 Å². The first-order valence-corrected chi connectivity index (χ1v) is 16.0. The second-order valence-electron chi connectivity index (χ2n) is 11.2. The zero-order chi connectivity index (χ0) is 34.0. The normalized spacial score (nSPS) is 10.2. The fourth-order valence-electron chi connectivity index (χ4n) is 5.20. The van der Waals surface area contributed by atoms with Crippen LogP contribution in [0.15, 0.2) is 146 Å². The van der Waals surface area contributed by atoms with Gasteiger partial charge in [0.15, 0.2) is 0 Å². The molecule has 4 heterocycles. The van der Waals surface area contributed by atoms with Gasteiger partial charge < -0.3 is 19.3 Å². The number of nitrogens with zero attached hydrogens (tertiary/aromatic N) is 7. The number of rotatable bonds is 5. The molecule has 4 aromatic carbocycles. The van der Waals surface area contributed by atoms with Crippen molar-refractivity contribution < 1.29 is 29.2 Å². The van der Waals surface area contributed by atoms with Crippen molar-refractivity contribution in [3.05, 3.63) is 193 Å². The van der Waals surface area contributed by atoms with Crippen LogP contribution in [0.3, 0.4) is 0 Å². The molecular weight excluding hydrogens is 795 g/mol. The molecule has 8 aromatic rings. The summed E-state index contributed by atoms with van der Waals surface area (Å²) in [6, 6.07) is 50.5. The number of para-hydroxylation sites is 4. The molecule has 0 fully saturated rings. The Kier molecular flexibility index (Phi) is 12.2. The minimum atomic E-state index is 0. The number of benzene rings is 4. The van der Waals surface area contributed by atoms with Crippen LogP contribution in [0.25, 0.3) is 34.1 Å². The predicted octanol–water partition coefficient (Wildman–Crippen LogP) is 7.04. The quantitative estimate of drug-likeness (QED) is 0.138. The minimum absolute atomic E-state index is 0. The molecule has 4 aromatic heterocycles. The molecule has 8 heteroatoms. The van der Waals surface area contributed by atoms with E-state index in [1.54, 1.807) is 12.4 Å². The molecule has 0 saturated heterocycles. The average Bonchev–Trinajstić information content (AvgIpc) is 3.90. The zero-order valence-corrected chi connectivity index (χ0v) is 30.7. The van der Waals surface area contributed by atoms with E-state index in [4.69, 9.17) is 0 Å². The number of pyridine rings is 1. The third kappa shape index (κ3) is 8.29. The Bertz CT molecular complexity index is 1930. The van der Waals surface area contributed by atoms with E-state index >= 15 is 0 Å². The maximum absolute atomic E-state index is 4.12. The van der Waals surface area contributed by atoms with Crippen LogP contribution >= 0.6 is 0 Å². The maximum atomic E-state index is 4.12. The molecule has 50 heavy (non-hydrogen) atoms. The topological polar surface area (TPSA) is 57.5 Å². The van der Waals surface area contributed by atoms with Crippen molar-refractivity contribution >= 4 is 0 Å². The Morgan fingerprint density at radius 2 is 1.02 bits per heavy atom. The monoisotopic (exact) mass is 831 g/mol. The Morgan fingerprint density at radius 1 is 0.540 bits per heavy atom. The van der Waals surface area contributed by atoms with Crippen molar-refractivity contribution in [2.45, 2.75) is 27.7 Å². The fourth-order valence-corrected chi connectivity index (χ4v) is 5.20. The molecule has 0 bridgehead atoms. The van der Waals surface area contributed by atoms with Crippen LogP contribution in [0, 0.1) is 52.5 Å². The smallest absolute Gasteiger partial charge is 0.267 e. The Hall–Kier alpha value is -5.69. The third-order valence-electron chi connectivity index (χ3n) is 8.08. The summed E-state index contributed by atoms with van der Waals surface area (Å²) in [6.45, 7) is 8.43. The molecule has 8 rings (SSSR count). The van der Waals surface area contributed by atoms with E-state index in [-0.39, 0.29) is 20.1 Å². The van der Waals surface area contributed by atoms with Crippen LogP contribution in [0.1, 0.15) is 22.8 Å². The molecule has 251 valence electrons. The summed E-state index contributed by atoms with van der Waals surface area (Å²) < 4.78 is 8.25. The SMILES string of the molecule is Cc1c(C)[n+](-c2ccccc2)[c-]n1-c1[c-]cccc1.Cc1c(C)[n+](-c2ccccc2)[c-]n1-c1[c-]cccc1.[Ir].c1ccc(-c2ccn[n-]2)nc1. The van der Waals surface area contributed by atoms with E-state index in [0.29, 0.717) is 0 Å². The van der Waals surface area contributed by atoms with E-state index in [1.165, 1.54) is 22.8 Å². The largest absolute Gasteiger partial charge is 0.574 e. The van der Waals surface area contributed by atoms with E-state index in [9.17, 15) is 0 Å². The Balaban J connectivity index is 0.000000150. The number of hydrogen-bond acceptors (Lipinski definition) is 2. The first-order chi connectivity index (χ1) is 24.0. The maximum Gasteiger partial charge on any atom is 0.267 e. The van der Waals surface area contributed by atoms with Gasteiger partial charge >= 0.3 is 0 Å². The second-order valence-corrected chi connectivity index (χ2v) is 11.2. The van der Waals surface area contributed by atoms with Gasteiger partial charge in [-0.15, -0.1) is 0 Å². The standard InChI is InChI=1S/2C17H15N2.C8H6N3.Ir/c2*1-14-15(2)19(17-11-7-4-8-12-17)13-18(14)16-9-5-3-6-10-16;1-2-5-9-7(3-1)8-4-6-10-11-8;/h2*3-11H,1-2H3;1-6H;/q3*-1;. The number of imidazole rings is 2. The van der Waals surface area contributed by atoms with Gasteiger partial charge in [-0.3, -0.25) is 14.1 Å². The Labute approximate surface area is 307 Å². The van der Waals surface area contributed by atoms with Crippen molar-refractivity contribution in [1.82, 2.24) is 24.3 Å². The molecule has 0 aliphatic carbocycles. The molecule has 7 nitrogen and oxygen atoms in total. The number of hydrogen-bond donors (Lipinski definition) is 0. The van der Waals surface area contributed by atoms with Crippen LogP contribution < -0.4 is 14.2 Å². The van der Waals surface area contributed by atoms with Gasteiger partial charge in [0.1, 0.15) is 0 Å². The van der Waals surface area contributed by atoms with E-state index in [2.05, 4.69) is 101 Å². The predicted molar refractivity (Wildman–Crippen MR) is 190 cm³/mol. The molecular formula is C42H36IrN7-3. The van der Waals surface area contributed by atoms with Gasteiger partial charge in [0.25, 0.3) is 12.7 Å². The molecule has 0 unspecified atom stereocenters. The summed E-state index contributed by atoms with van der Waals surface area (Å²) in [5.74, 6) is 0. The summed E-state index contributed by atoms with van der Waals surface area (Å²) in [6.07, 6.45) is 10.2. The summed E-state index contributed by atoms with van der Waals surface area (Å²) in [7, 11) is 0. The van der Waals surface area contributed by atoms with Crippen LogP contribution in [0.4, 0.5) is 0 Å². The molecule has 0 atom stereocenters. The van der Waals surface area contributed by atoms with Crippen molar-refractivity contribution in [3.8, 4) is 34.1 Å². The van der Waals surface area contributed by atoms with Crippen molar-refractivity contribution in [2.75, 3.05) is 0 Å². The van der Waals surface area contributed by atoms with Gasteiger partial charge in [0.05, 0.1) is 22.8 Å². The molecule has 0 saturated carbocycles. The van der Waals surface area contributed by atoms with Crippen LogP contribution in [0.5, 0.6) is 0 Å². The van der Waals surface area contributed by atoms with Gasteiger partial charge in [-0.05, 0) is 75.5 Å². The molecule has 0 aliphatic heterocycles. The van der Waals surface area contributed by atoms with E-state index in [1.807, 2.05) is 118 Å². The van der Waals surface area contributed by atoms with Gasteiger partial charge in [0.2, 0.25) is 0 Å². The van der Waals surface area contributed by atoms with Crippen molar-refractivity contribution in [2.24, 2.45) is 0 Å². The van der Waals surface area contributed by atoms with Gasteiger partial charge in [0, 0.05) is 49.6 Å². The molecule has 0 amide bonds. The second kappa shape index (κ2) is 17.1.